The minimum absolute atomic E-state index is 0.0365. The standard InChI is InChI=1S/C18H21NO2/c1-3-19(4-2)18(21)16-13-9-8-12-15(16)17(20)14-10-6-5-7-11-14/h5-13,17,20H,3-4H2,1-2H3. The van der Waals surface area contributed by atoms with E-state index < -0.39 is 6.10 Å². The molecule has 0 aliphatic rings. The second-order valence-electron chi connectivity index (χ2n) is 4.88. The molecule has 0 aliphatic carbocycles. The monoisotopic (exact) mass is 283 g/mol. The number of carbonyl (C=O) groups is 1. The number of nitrogens with zero attached hydrogens (tertiary/aromatic N) is 1. The van der Waals surface area contributed by atoms with Gasteiger partial charge in [-0.3, -0.25) is 4.79 Å². The van der Waals surface area contributed by atoms with Gasteiger partial charge < -0.3 is 10.0 Å². The zero-order valence-corrected chi connectivity index (χ0v) is 12.5. The molecule has 1 atom stereocenters. The number of benzene rings is 2. The van der Waals surface area contributed by atoms with Crippen molar-refractivity contribution in [1.82, 2.24) is 4.90 Å². The Morgan fingerprint density at radius 3 is 2.19 bits per heavy atom. The first-order chi connectivity index (χ1) is 10.2. The number of carbonyl (C=O) groups excluding carboxylic acids is 1. The average Bonchev–Trinajstić information content (AvgIpc) is 2.56. The third kappa shape index (κ3) is 3.31. The predicted molar refractivity (Wildman–Crippen MR) is 84.2 cm³/mol. The Bertz CT molecular complexity index is 591. The number of aliphatic hydroxyl groups excluding tert-OH is 1. The van der Waals surface area contributed by atoms with Crippen LogP contribution in [0.2, 0.25) is 0 Å². The number of rotatable bonds is 5. The van der Waals surface area contributed by atoms with Crippen molar-refractivity contribution in [3.8, 4) is 0 Å². The Balaban J connectivity index is 2.39. The fraction of sp³-hybridized carbons (Fsp3) is 0.278. The smallest absolute Gasteiger partial charge is 0.254 e. The summed E-state index contributed by atoms with van der Waals surface area (Å²) in [5, 5.41) is 10.6. The van der Waals surface area contributed by atoms with Gasteiger partial charge in [0.05, 0.1) is 0 Å². The molecule has 1 amide bonds. The Morgan fingerprint density at radius 2 is 1.57 bits per heavy atom. The first-order valence-electron chi connectivity index (χ1n) is 7.30. The lowest BCUT2D eigenvalue weighted by molar-refractivity contribution is 0.0767. The molecule has 0 aromatic heterocycles. The van der Waals surface area contributed by atoms with E-state index >= 15 is 0 Å². The van der Waals surface area contributed by atoms with Crippen LogP contribution in [0.3, 0.4) is 0 Å². The quantitative estimate of drug-likeness (QED) is 0.915. The van der Waals surface area contributed by atoms with E-state index in [4.69, 9.17) is 0 Å². The van der Waals surface area contributed by atoms with Gasteiger partial charge in [-0.2, -0.15) is 0 Å². The van der Waals surface area contributed by atoms with Gasteiger partial charge in [0.15, 0.2) is 0 Å². The molecule has 2 rings (SSSR count). The van der Waals surface area contributed by atoms with Crippen LogP contribution >= 0.6 is 0 Å². The molecule has 3 heteroatoms. The molecule has 0 spiro atoms. The van der Waals surface area contributed by atoms with Crippen LogP contribution in [0.25, 0.3) is 0 Å². The second kappa shape index (κ2) is 7.04. The maximum Gasteiger partial charge on any atom is 0.254 e. The number of aliphatic hydroxyl groups is 1. The van der Waals surface area contributed by atoms with Gasteiger partial charge in [0.2, 0.25) is 0 Å². The van der Waals surface area contributed by atoms with Crippen LogP contribution in [0.4, 0.5) is 0 Å². The van der Waals surface area contributed by atoms with Gasteiger partial charge in [-0.25, -0.2) is 0 Å². The molecule has 0 saturated heterocycles. The Morgan fingerprint density at radius 1 is 1.00 bits per heavy atom. The Kier molecular flexibility index (Phi) is 5.12. The van der Waals surface area contributed by atoms with Gasteiger partial charge in [0.25, 0.3) is 5.91 Å². The molecule has 0 bridgehead atoms. The van der Waals surface area contributed by atoms with Gasteiger partial charge in [0.1, 0.15) is 6.10 Å². The maximum absolute atomic E-state index is 12.6. The molecule has 1 unspecified atom stereocenters. The van der Waals surface area contributed by atoms with Gasteiger partial charge in [-0.1, -0.05) is 48.5 Å². The number of amides is 1. The van der Waals surface area contributed by atoms with E-state index in [1.807, 2.05) is 62.4 Å². The maximum atomic E-state index is 12.6. The largest absolute Gasteiger partial charge is 0.384 e. The molecule has 3 nitrogen and oxygen atoms in total. The molecule has 110 valence electrons. The highest BCUT2D eigenvalue weighted by Gasteiger charge is 2.21. The predicted octanol–water partition coefficient (Wildman–Crippen LogP) is 3.25. The summed E-state index contributed by atoms with van der Waals surface area (Å²) in [7, 11) is 0. The molecule has 2 aromatic carbocycles. The zero-order valence-electron chi connectivity index (χ0n) is 12.5. The Labute approximate surface area is 125 Å². The zero-order chi connectivity index (χ0) is 15.2. The molecule has 1 N–H and O–H groups in total. The minimum atomic E-state index is -0.790. The highest BCUT2D eigenvalue weighted by atomic mass is 16.3. The highest BCUT2D eigenvalue weighted by Crippen LogP contribution is 2.25. The fourth-order valence-corrected chi connectivity index (χ4v) is 2.43. The first kappa shape index (κ1) is 15.3. The van der Waals surface area contributed by atoms with E-state index in [1.165, 1.54) is 0 Å². The molecule has 0 saturated carbocycles. The lowest BCUT2D eigenvalue weighted by Crippen LogP contribution is -2.31. The highest BCUT2D eigenvalue weighted by molar-refractivity contribution is 5.96. The lowest BCUT2D eigenvalue weighted by atomic mass is 9.96. The van der Waals surface area contributed by atoms with Crippen LogP contribution < -0.4 is 0 Å². The van der Waals surface area contributed by atoms with Crippen molar-refractivity contribution in [3.05, 3.63) is 71.3 Å². The first-order valence-corrected chi connectivity index (χ1v) is 7.30. The summed E-state index contributed by atoms with van der Waals surface area (Å²) in [5.41, 5.74) is 2.01. The van der Waals surface area contributed by atoms with Crippen LogP contribution in [0, 0.1) is 0 Å². The molecular formula is C18H21NO2. The normalized spacial score (nSPS) is 12.0. The van der Waals surface area contributed by atoms with Crippen LogP contribution in [0.15, 0.2) is 54.6 Å². The minimum Gasteiger partial charge on any atom is -0.384 e. The molecule has 0 heterocycles. The fourth-order valence-electron chi connectivity index (χ4n) is 2.43. The van der Waals surface area contributed by atoms with E-state index in [-0.39, 0.29) is 5.91 Å². The summed E-state index contributed by atoms with van der Waals surface area (Å²) in [5.74, 6) is -0.0365. The molecule has 2 aromatic rings. The van der Waals surface area contributed by atoms with E-state index in [9.17, 15) is 9.90 Å². The van der Waals surface area contributed by atoms with Crippen molar-refractivity contribution < 1.29 is 9.90 Å². The molecule has 0 fully saturated rings. The number of hydrogen-bond acceptors (Lipinski definition) is 2. The van der Waals surface area contributed by atoms with Gasteiger partial charge >= 0.3 is 0 Å². The Hall–Kier alpha value is -2.13. The van der Waals surface area contributed by atoms with Crippen LogP contribution in [0.5, 0.6) is 0 Å². The summed E-state index contributed by atoms with van der Waals surface area (Å²) in [6.07, 6.45) is -0.790. The topological polar surface area (TPSA) is 40.5 Å². The summed E-state index contributed by atoms with van der Waals surface area (Å²) in [4.78, 5) is 14.3. The van der Waals surface area contributed by atoms with Crippen molar-refractivity contribution in [2.75, 3.05) is 13.1 Å². The summed E-state index contributed by atoms with van der Waals surface area (Å²) in [6.45, 7) is 5.23. The van der Waals surface area contributed by atoms with E-state index in [0.29, 0.717) is 24.2 Å². The third-order valence-electron chi connectivity index (χ3n) is 3.65. The van der Waals surface area contributed by atoms with Gasteiger partial charge in [-0.15, -0.1) is 0 Å². The summed E-state index contributed by atoms with van der Waals surface area (Å²) in [6, 6.07) is 16.7. The SMILES string of the molecule is CCN(CC)C(=O)c1ccccc1C(O)c1ccccc1. The van der Waals surface area contributed by atoms with Crippen molar-refractivity contribution in [3.63, 3.8) is 0 Å². The van der Waals surface area contributed by atoms with Crippen molar-refractivity contribution in [2.24, 2.45) is 0 Å². The van der Waals surface area contributed by atoms with Gasteiger partial charge in [-0.05, 0) is 31.0 Å². The second-order valence-corrected chi connectivity index (χ2v) is 4.88. The molecule has 0 radical (unpaired) electrons. The third-order valence-corrected chi connectivity index (χ3v) is 3.65. The summed E-state index contributed by atoms with van der Waals surface area (Å²) >= 11 is 0. The average molecular weight is 283 g/mol. The lowest BCUT2D eigenvalue weighted by Gasteiger charge is -2.22. The van der Waals surface area contributed by atoms with Crippen molar-refractivity contribution >= 4 is 5.91 Å². The number of hydrogen-bond donors (Lipinski definition) is 1. The summed E-state index contributed by atoms with van der Waals surface area (Å²) < 4.78 is 0. The van der Waals surface area contributed by atoms with Crippen molar-refractivity contribution in [1.29, 1.82) is 0 Å². The molecule has 0 aliphatic heterocycles. The van der Waals surface area contributed by atoms with Crippen LogP contribution in [-0.2, 0) is 0 Å². The molecule has 21 heavy (non-hydrogen) atoms. The molecular weight excluding hydrogens is 262 g/mol. The van der Waals surface area contributed by atoms with Crippen molar-refractivity contribution in [2.45, 2.75) is 20.0 Å². The van der Waals surface area contributed by atoms with E-state index in [2.05, 4.69) is 0 Å². The van der Waals surface area contributed by atoms with Crippen LogP contribution in [0.1, 0.15) is 41.4 Å². The van der Waals surface area contributed by atoms with E-state index in [0.717, 1.165) is 5.56 Å². The van der Waals surface area contributed by atoms with Gasteiger partial charge in [0, 0.05) is 18.7 Å². The van der Waals surface area contributed by atoms with E-state index in [1.54, 1.807) is 11.0 Å². The van der Waals surface area contributed by atoms with Crippen LogP contribution in [-0.4, -0.2) is 29.0 Å².